The van der Waals surface area contributed by atoms with Gasteiger partial charge in [-0.3, -0.25) is 4.90 Å². The highest BCUT2D eigenvalue weighted by molar-refractivity contribution is 5.43. The van der Waals surface area contributed by atoms with Gasteiger partial charge in [0.1, 0.15) is 17.9 Å². The maximum absolute atomic E-state index is 5.53. The Morgan fingerprint density at radius 2 is 1.88 bits per heavy atom. The Hall–Kier alpha value is -2.74. The average Bonchev–Trinajstić information content (AvgIpc) is 3.34. The van der Waals surface area contributed by atoms with Crippen molar-refractivity contribution in [3.63, 3.8) is 0 Å². The van der Waals surface area contributed by atoms with Crippen LogP contribution in [-0.2, 0) is 6.54 Å². The molecule has 0 amide bonds. The first kappa shape index (κ1) is 16.7. The van der Waals surface area contributed by atoms with Crippen molar-refractivity contribution in [1.29, 1.82) is 0 Å². The third-order valence-corrected chi connectivity index (χ3v) is 4.64. The van der Waals surface area contributed by atoms with E-state index in [-0.39, 0.29) is 0 Å². The van der Waals surface area contributed by atoms with Crippen LogP contribution in [0.3, 0.4) is 0 Å². The Morgan fingerprint density at radius 3 is 2.62 bits per heavy atom. The molecule has 1 saturated heterocycles. The first-order chi connectivity index (χ1) is 12.7. The van der Waals surface area contributed by atoms with Gasteiger partial charge >= 0.3 is 0 Å². The zero-order valence-corrected chi connectivity index (χ0v) is 15.1. The maximum Gasteiger partial charge on any atom is 0.181 e. The smallest absolute Gasteiger partial charge is 0.181 e. The van der Waals surface area contributed by atoms with E-state index in [1.54, 1.807) is 23.6 Å². The van der Waals surface area contributed by atoms with Crippen LogP contribution in [0.2, 0.25) is 0 Å². The molecule has 3 aromatic heterocycles. The van der Waals surface area contributed by atoms with Crippen molar-refractivity contribution < 1.29 is 4.42 Å². The Kier molecular flexibility index (Phi) is 4.66. The Balaban J connectivity index is 1.39. The van der Waals surface area contributed by atoms with Crippen molar-refractivity contribution in [2.75, 3.05) is 31.1 Å². The van der Waals surface area contributed by atoms with Crippen LogP contribution in [0.5, 0.6) is 0 Å². The summed E-state index contributed by atoms with van der Waals surface area (Å²) in [4.78, 5) is 17.8. The lowest BCUT2D eigenvalue weighted by Gasteiger charge is -2.35. The summed E-state index contributed by atoms with van der Waals surface area (Å²) in [5.74, 6) is 3.07. The molecule has 4 heterocycles. The number of piperazine rings is 1. The van der Waals surface area contributed by atoms with E-state index in [2.05, 4.69) is 43.7 Å². The fourth-order valence-electron chi connectivity index (χ4n) is 3.25. The summed E-state index contributed by atoms with van der Waals surface area (Å²) in [6, 6.07) is 3.87. The van der Waals surface area contributed by atoms with Crippen LogP contribution in [-0.4, -0.2) is 55.8 Å². The van der Waals surface area contributed by atoms with E-state index in [9.17, 15) is 0 Å². The molecule has 26 heavy (non-hydrogen) atoms. The Bertz CT molecular complexity index is 835. The molecule has 0 aliphatic carbocycles. The van der Waals surface area contributed by atoms with Gasteiger partial charge in [-0.05, 0) is 6.07 Å². The Morgan fingerprint density at radius 1 is 1.08 bits per heavy atom. The highest BCUT2D eigenvalue weighted by Gasteiger charge is 2.21. The monoisotopic (exact) mass is 353 g/mol. The van der Waals surface area contributed by atoms with Gasteiger partial charge in [0.05, 0.1) is 5.69 Å². The molecule has 1 aliphatic heterocycles. The van der Waals surface area contributed by atoms with Crippen molar-refractivity contribution in [3.05, 3.63) is 48.7 Å². The minimum absolute atomic E-state index is 0.357. The van der Waals surface area contributed by atoms with Crippen molar-refractivity contribution >= 4 is 5.82 Å². The molecule has 0 atom stereocenters. The van der Waals surface area contributed by atoms with Crippen molar-refractivity contribution in [1.82, 2.24) is 29.6 Å². The molecule has 8 nitrogen and oxygen atoms in total. The molecule has 0 spiro atoms. The topological polar surface area (TPSA) is 76.1 Å². The third kappa shape index (κ3) is 3.45. The molecule has 0 N–H and O–H groups in total. The maximum atomic E-state index is 5.53. The minimum Gasteiger partial charge on any atom is -0.448 e. The van der Waals surface area contributed by atoms with Gasteiger partial charge in [-0.25, -0.2) is 19.6 Å². The molecule has 3 aromatic rings. The summed E-state index contributed by atoms with van der Waals surface area (Å²) in [7, 11) is 0. The lowest BCUT2D eigenvalue weighted by Crippen LogP contribution is -2.46. The van der Waals surface area contributed by atoms with Gasteiger partial charge in [0.25, 0.3) is 0 Å². The molecule has 1 fully saturated rings. The Labute approximate surface area is 152 Å². The molecule has 0 saturated carbocycles. The van der Waals surface area contributed by atoms with Crippen molar-refractivity contribution in [3.8, 4) is 5.82 Å². The minimum atomic E-state index is 0.357. The van der Waals surface area contributed by atoms with Crippen LogP contribution in [0.1, 0.15) is 31.2 Å². The average molecular weight is 353 g/mol. The second kappa shape index (κ2) is 7.25. The first-order valence-electron chi connectivity index (χ1n) is 8.92. The van der Waals surface area contributed by atoms with Gasteiger partial charge in [0, 0.05) is 57.1 Å². The predicted molar refractivity (Wildman–Crippen MR) is 97.2 cm³/mol. The lowest BCUT2D eigenvalue weighted by atomic mass is 10.1. The van der Waals surface area contributed by atoms with Crippen LogP contribution in [0.25, 0.3) is 5.82 Å². The van der Waals surface area contributed by atoms with Crippen LogP contribution in [0.4, 0.5) is 5.82 Å². The fraction of sp³-hybridized carbons (Fsp3) is 0.444. The highest BCUT2D eigenvalue weighted by atomic mass is 16.3. The van der Waals surface area contributed by atoms with E-state index in [0.717, 1.165) is 55.8 Å². The van der Waals surface area contributed by atoms with Gasteiger partial charge < -0.3 is 9.32 Å². The molecule has 0 aromatic carbocycles. The normalized spacial score (nSPS) is 15.7. The number of hydrogen-bond donors (Lipinski definition) is 0. The van der Waals surface area contributed by atoms with Crippen LogP contribution in [0.15, 0.2) is 41.7 Å². The zero-order valence-electron chi connectivity index (χ0n) is 15.1. The van der Waals surface area contributed by atoms with Gasteiger partial charge in [-0.2, -0.15) is 5.10 Å². The fourth-order valence-corrected chi connectivity index (χ4v) is 3.25. The quantitative estimate of drug-likeness (QED) is 0.695. The number of nitrogens with zero attached hydrogens (tertiary/aromatic N) is 7. The highest BCUT2D eigenvalue weighted by Crippen LogP contribution is 2.21. The predicted octanol–water partition coefficient (Wildman–Crippen LogP) is 2.10. The van der Waals surface area contributed by atoms with Crippen molar-refractivity contribution in [2.24, 2.45) is 0 Å². The van der Waals surface area contributed by atoms with E-state index in [1.807, 2.05) is 18.3 Å². The van der Waals surface area contributed by atoms with Gasteiger partial charge in [-0.1, -0.05) is 13.8 Å². The molecule has 0 unspecified atom stereocenters. The number of rotatable bonds is 5. The lowest BCUT2D eigenvalue weighted by molar-refractivity contribution is 0.245. The molecule has 0 bridgehead atoms. The summed E-state index contributed by atoms with van der Waals surface area (Å²) >= 11 is 0. The van der Waals surface area contributed by atoms with E-state index in [1.165, 1.54) is 0 Å². The molecule has 8 heteroatoms. The summed E-state index contributed by atoms with van der Waals surface area (Å²) in [5, 5.41) is 4.23. The second-order valence-corrected chi connectivity index (χ2v) is 6.77. The second-order valence-electron chi connectivity index (χ2n) is 6.77. The first-order valence-corrected chi connectivity index (χ1v) is 8.92. The number of anilines is 1. The zero-order chi connectivity index (χ0) is 17.9. The third-order valence-electron chi connectivity index (χ3n) is 4.64. The van der Waals surface area contributed by atoms with Gasteiger partial charge in [-0.15, -0.1) is 0 Å². The van der Waals surface area contributed by atoms with Gasteiger partial charge in [0.2, 0.25) is 0 Å². The number of hydrogen-bond acceptors (Lipinski definition) is 7. The van der Waals surface area contributed by atoms with E-state index in [0.29, 0.717) is 5.92 Å². The molecule has 1 aliphatic rings. The number of oxazole rings is 1. The van der Waals surface area contributed by atoms with E-state index in [4.69, 9.17) is 4.42 Å². The van der Waals surface area contributed by atoms with E-state index >= 15 is 0 Å². The summed E-state index contributed by atoms with van der Waals surface area (Å²) < 4.78 is 7.28. The van der Waals surface area contributed by atoms with Crippen LogP contribution >= 0.6 is 0 Å². The van der Waals surface area contributed by atoms with E-state index < -0.39 is 0 Å². The number of aromatic nitrogens is 5. The van der Waals surface area contributed by atoms with Crippen LogP contribution < -0.4 is 4.90 Å². The molecule has 4 rings (SSSR count). The molecular formula is C18H23N7O. The van der Waals surface area contributed by atoms with Crippen LogP contribution in [0, 0.1) is 0 Å². The summed E-state index contributed by atoms with van der Waals surface area (Å²) in [5.41, 5.74) is 1.05. The van der Waals surface area contributed by atoms with Gasteiger partial charge in [0.15, 0.2) is 12.2 Å². The standard InChI is InChI=1S/C18H23N7O/c1-14(2)18-15(21-13-26-18)11-23-6-8-24(9-7-23)16-10-17(20-12-19-16)25-5-3-4-22-25/h3-5,10,12-14H,6-9,11H2,1-2H3. The molecular weight excluding hydrogens is 330 g/mol. The van der Waals surface area contributed by atoms with Crippen molar-refractivity contribution in [2.45, 2.75) is 26.3 Å². The molecule has 0 radical (unpaired) electrons. The summed E-state index contributed by atoms with van der Waals surface area (Å²) in [6.45, 7) is 8.87. The summed E-state index contributed by atoms with van der Waals surface area (Å²) in [6.07, 6.45) is 6.78. The molecule has 136 valence electrons. The largest absolute Gasteiger partial charge is 0.448 e. The SMILES string of the molecule is CC(C)c1ocnc1CN1CCN(c2cc(-n3cccn3)ncn2)CC1.